The van der Waals surface area contributed by atoms with Crippen molar-refractivity contribution in [2.45, 2.75) is 31.9 Å². The molecule has 1 saturated carbocycles. The van der Waals surface area contributed by atoms with E-state index in [0.717, 1.165) is 18.7 Å². The fourth-order valence-corrected chi connectivity index (χ4v) is 2.28. The van der Waals surface area contributed by atoms with E-state index in [9.17, 15) is 5.11 Å². The van der Waals surface area contributed by atoms with E-state index < -0.39 is 6.10 Å². The molecule has 0 spiro atoms. The Labute approximate surface area is 109 Å². The molecule has 1 aromatic carbocycles. The standard InChI is InChI=1S/C15H23NO2/c1-12-4-3-5-13(10-12)15(17)11-16(8-9-18-2)14-6-7-14/h3-5,10,14-15,17H,6-9,11H2,1-2H3. The van der Waals surface area contributed by atoms with Crippen molar-refractivity contribution >= 4 is 0 Å². The summed E-state index contributed by atoms with van der Waals surface area (Å²) in [5.74, 6) is 0. The van der Waals surface area contributed by atoms with Crippen molar-refractivity contribution in [1.29, 1.82) is 0 Å². The number of benzene rings is 1. The lowest BCUT2D eigenvalue weighted by atomic mass is 10.1. The molecular weight excluding hydrogens is 226 g/mol. The molecule has 1 N–H and O–H groups in total. The highest BCUT2D eigenvalue weighted by Crippen LogP contribution is 2.28. The molecular formula is C15H23NO2. The molecule has 1 atom stereocenters. The average molecular weight is 249 g/mol. The van der Waals surface area contributed by atoms with Gasteiger partial charge in [0.15, 0.2) is 0 Å². The first-order valence-corrected chi connectivity index (χ1v) is 6.68. The number of hydrogen-bond acceptors (Lipinski definition) is 3. The minimum atomic E-state index is -0.401. The number of aryl methyl sites for hydroxylation is 1. The molecule has 1 unspecified atom stereocenters. The van der Waals surface area contributed by atoms with Crippen molar-refractivity contribution in [3.63, 3.8) is 0 Å². The van der Waals surface area contributed by atoms with Crippen molar-refractivity contribution < 1.29 is 9.84 Å². The minimum Gasteiger partial charge on any atom is -0.387 e. The Morgan fingerprint density at radius 3 is 2.83 bits per heavy atom. The van der Waals surface area contributed by atoms with Gasteiger partial charge in [0.2, 0.25) is 0 Å². The third-order valence-electron chi connectivity index (χ3n) is 3.48. The highest BCUT2D eigenvalue weighted by atomic mass is 16.5. The predicted molar refractivity (Wildman–Crippen MR) is 72.6 cm³/mol. The number of hydrogen-bond donors (Lipinski definition) is 1. The number of rotatable bonds is 7. The summed E-state index contributed by atoms with van der Waals surface area (Å²) in [6, 6.07) is 8.77. The monoisotopic (exact) mass is 249 g/mol. The van der Waals surface area contributed by atoms with Crippen LogP contribution in [0.2, 0.25) is 0 Å². The maximum Gasteiger partial charge on any atom is 0.0917 e. The maximum atomic E-state index is 10.3. The summed E-state index contributed by atoms with van der Waals surface area (Å²) in [6.45, 7) is 4.40. The Morgan fingerprint density at radius 1 is 1.44 bits per heavy atom. The second kappa shape index (κ2) is 6.32. The highest BCUT2D eigenvalue weighted by molar-refractivity contribution is 5.24. The summed E-state index contributed by atoms with van der Waals surface area (Å²) >= 11 is 0. The van der Waals surface area contributed by atoms with Gasteiger partial charge in [0.05, 0.1) is 12.7 Å². The molecule has 0 aromatic heterocycles. The van der Waals surface area contributed by atoms with Gasteiger partial charge in [-0.15, -0.1) is 0 Å². The van der Waals surface area contributed by atoms with Crippen LogP contribution in [0.15, 0.2) is 24.3 Å². The molecule has 0 heterocycles. The third-order valence-corrected chi connectivity index (χ3v) is 3.48. The lowest BCUT2D eigenvalue weighted by molar-refractivity contribution is 0.0845. The summed E-state index contributed by atoms with van der Waals surface area (Å²) in [4.78, 5) is 2.34. The third kappa shape index (κ3) is 3.80. The molecule has 2 rings (SSSR count). The van der Waals surface area contributed by atoms with Crippen LogP contribution in [0, 0.1) is 6.92 Å². The molecule has 0 amide bonds. The molecule has 0 radical (unpaired) electrons. The van der Waals surface area contributed by atoms with Crippen LogP contribution in [-0.2, 0) is 4.74 Å². The SMILES string of the molecule is COCCN(CC(O)c1cccc(C)c1)C1CC1. The molecule has 1 aliphatic carbocycles. The molecule has 0 aliphatic heterocycles. The topological polar surface area (TPSA) is 32.7 Å². The molecule has 1 fully saturated rings. The van der Waals surface area contributed by atoms with E-state index in [2.05, 4.69) is 24.0 Å². The zero-order valence-corrected chi connectivity index (χ0v) is 11.3. The van der Waals surface area contributed by atoms with Crippen LogP contribution < -0.4 is 0 Å². The summed E-state index contributed by atoms with van der Waals surface area (Å²) < 4.78 is 5.13. The van der Waals surface area contributed by atoms with Crippen molar-refractivity contribution in [3.8, 4) is 0 Å². The van der Waals surface area contributed by atoms with E-state index in [1.54, 1.807) is 7.11 Å². The molecule has 3 nitrogen and oxygen atoms in total. The largest absolute Gasteiger partial charge is 0.387 e. The summed E-state index contributed by atoms with van der Waals surface area (Å²) in [5, 5.41) is 10.3. The van der Waals surface area contributed by atoms with Crippen LogP contribution in [0.25, 0.3) is 0 Å². The van der Waals surface area contributed by atoms with Crippen LogP contribution in [0.5, 0.6) is 0 Å². The summed E-state index contributed by atoms with van der Waals surface area (Å²) in [7, 11) is 1.72. The van der Waals surface area contributed by atoms with Gasteiger partial charge in [0.1, 0.15) is 0 Å². The van der Waals surface area contributed by atoms with Crippen molar-refractivity contribution in [2.75, 3.05) is 26.8 Å². The fourth-order valence-electron chi connectivity index (χ4n) is 2.28. The lowest BCUT2D eigenvalue weighted by Crippen LogP contribution is -2.33. The van der Waals surface area contributed by atoms with Gasteiger partial charge in [-0.1, -0.05) is 29.8 Å². The van der Waals surface area contributed by atoms with Gasteiger partial charge >= 0.3 is 0 Å². The van der Waals surface area contributed by atoms with E-state index >= 15 is 0 Å². The lowest BCUT2D eigenvalue weighted by Gasteiger charge is -2.24. The highest BCUT2D eigenvalue weighted by Gasteiger charge is 2.30. The summed E-state index contributed by atoms with van der Waals surface area (Å²) in [5.41, 5.74) is 2.21. The van der Waals surface area contributed by atoms with Crippen LogP contribution in [-0.4, -0.2) is 42.9 Å². The van der Waals surface area contributed by atoms with Crippen molar-refractivity contribution in [3.05, 3.63) is 35.4 Å². The van der Waals surface area contributed by atoms with Crippen molar-refractivity contribution in [1.82, 2.24) is 4.90 Å². The molecule has 0 saturated heterocycles. The molecule has 3 heteroatoms. The Hall–Kier alpha value is -0.900. The van der Waals surface area contributed by atoms with E-state index in [4.69, 9.17) is 4.74 Å². The molecule has 1 aliphatic rings. The number of nitrogens with zero attached hydrogens (tertiary/aromatic N) is 1. The van der Waals surface area contributed by atoms with Gasteiger partial charge in [0, 0.05) is 26.2 Å². The second-order valence-electron chi connectivity index (χ2n) is 5.15. The van der Waals surface area contributed by atoms with Gasteiger partial charge in [0.25, 0.3) is 0 Å². The molecule has 1 aromatic rings. The number of aliphatic hydroxyl groups excluding tert-OH is 1. The zero-order valence-electron chi connectivity index (χ0n) is 11.3. The molecule has 100 valence electrons. The van der Waals surface area contributed by atoms with Crippen LogP contribution >= 0.6 is 0 Å². The average Bonchev–Trinajstić information content (AvgIpc) is 3.18. The minimum absolute atomic E-state index is 0.401. The molecule has 18 heavy (non-hydrogen) atoms. The number of ether oxygens (including phenoxy) is 1. The Morgan fingerprint density at radius 2 is 2.22 bits per heavy atom. The van der Waals surface area contributed by atoms with Crippen LogP contribution in [0.1, 0.15) is 30.1 Å². The Balaban J connectivity index is 1.93. The van der Waals surface area contributed by atoms with Gasteiger partial charge in [-0.2, -0.15) is 0 Å². The van der Waals surface area contributed by atoms with Gasteiger partial charge in [-0.05, 0) is 25.3 Å². The van der Waals surface area contributed by atoms with E-state index in [1.807, 2.05) is 12.1 Å². The van der Waals surface area contributed by atoms with E-state index in [-0.39, 0.29) is 0 Å². The van der Waals surface area contributed by atoms with Gasteiger partial charge < -0.3 is 9.84 Å². The van der Waals surface area contributed by atoms with E-state index in [1.165, 1.54) is 18.4 Å². The number of aliphatic hydroxyl groups is 1. The quantitative estimate of drug-likeness (QED) is 0.803. The first kappa shape index (κ1) is 13.5. The van der Waals surface area contributed by atoms with Gasteiger partial charge in [-0.25, -0.2) is 0 Å². The summed E-state index contributed by atoms with van der Waals surface area (Å²) in [6.07, 6.45) is 2.11. The maximum absolute atomic E-state index is 10.3. The Bertz CT molecular complexity index is 377. The van der Waals surface area contributed by atoms with Crippen molar-refractivity contribution in [2.24, 2.45) is 0 Å². The number of methoxy groups -OCH3 is 1. The normalized spacial score (nSPS) is 17.1. The Kier molecular flexibility index (Phi) is 4.75. The van der Waals surface area contributed by atoms with E-state index in [0.29, 0.717) is 12.6 Å². The zero-order chi connectivity index (χ0) is 13.0. The predicted octanol–water partition coefficient (Wildman–Crippen LogP) is 2.14. The first-order chi connectivity index (χ1) is 8.70. The van der Waals surface area contributed by atoms with Gasteiger partial charge in [-0.3, -0.25) is 4.90 Å². The fraction of sp³-hybridized carbons (Fsp3) is 0.600. The smallest absolute Gasteiger partial charge is 0.0917 e. The first-order valence-electron chi connectivity index (χ1n) is 6.68. The molecule has 0 bridgehead atoms. The van der Waals surface area contributed by atoms with Crippen LogP contribution in [0.4, 0.5) is 0 Å². The van der Waals surface area contributed by atoms with Crippen LogP contribution in [0.3, 0.4) is 0 Å². The second-order valence-corrected chi connectivity index (χ2v) is 5.15.